The van der Waals surface area contributed by atoms with Crippen LogP contribution in [0.3, 0.4) is 0 Å². The van der Waals surface area contributed by atoms with Crippen LogP contribution in [-0.2, 0) is 16.4 Å². The van der Waals surface area contributed by atoms with E-state index in [9.17, 15) is 8.42 Å². The van der Waals surface area contributed by atoms with Crippen LogP contribution in [0.5, 0.6) is 0 Å². The number of rotatable bonds is 7. The van der Waals surface area contributed by atoms with Crippen LogP contribution in [0.4, 0.5) is 0 Å². The number of hydrogen-bond acceptors (Lipinski definition) is 2. The van der Waals surface area contributed by atoms with Gasteiger partial charge in [0.05, 0.1) is 4.90 Å². The summed E-state index contributed by atoms with van der Waals surface area (Å²) >= 11 is 0. The normalized spacial score (nSPS) is 20.5. The summed E-state index contributed by atoms with van der Waals surface area (Å²) in [5, 5.41) is 0. The lowest BCUT2D eigenvalue weighted by atomic mass is 9.91. The third kappa shape index (κ3) is 4.69. The second-order valence-corrected chi connectivity index (χ2v) is 10.0. The van der Waals surface area contributed by atoms with Gasteiger partial charge >= 0.3 is 0 Å². The third-order valence-electron chi connectivity index (χ3n) is 6.19. The minimum absolute atomic E-state index is 0.205. The van der Waals surface area contributed by atoms with Gasteiger partial charge in [0.15, 0.2) is 0 Å². The van der Waals surface area contributed by atoms with Crippen LogP contribution in [0.15, 0.2) is 29.2 Å². The molecule has 2 aliphatic carbocycles. The van der Waals surface area contributed by atoms with Crippen LogP contribution < -0.4 is 0 Å². The first-order valence-corrected chi connectivity index (χ1v) is 12.2. The number of nitrogens with zero attached hydrogens (tertiary/aromatic N) is 1. The summed E-state index contributed by atoms with van der Waals surface area (Å²) in [6, 6.07) is 8.14. The van der Waals surface area contributed by atoms with Crippen molar-refractivity contribution >= 4 is 10.0 Å². The number of hydrogen-bond donors (Lipinski definition) is 0. The maximum Gasteiger partial charge on any atom is 0.243 e. The van der Waals surface area contributed by atoms with Crippen LogP contribution in [-0.4, -0.2) is 24.8 Å². The van der Waals surface area contributed by atoms with Gasteiger partial charge in [0.1, 0.15) is 0 Å². The number of benzene rings is 1. The highest BCUT2D eigenvalue weighted by Gasteiger charge is 2.38. The van der Waals surface area contributed by atoms with Gasteiger partial charge in [-0.15, -0.1) is 0 Å². The Morgan fingerprint density at radius 1 is 0.846 bits per heavy atom. The zero-order valence-corrected chi connectivity index (χ0v) is 17.1. The summed E-state index contributed by atoms with van der Waals surface area (Å²) in [4.78, 5) is 0.494. The van der Waals surface area contributed by atoms with Crippen LogP contribution in [0, 0.1) is 0 Å². The maximum absolute atomic E-state index is 13.6. The van der Waals surface area contributed by atoms with Crippen LogP contribution >= 0.6 is 0 Å². The lowest BCUT2D eigenvalue weighted by Gasteiger charge is -2.40. The highest BCUT2D eigenvalue weighted by molar-refractivity contribution is 7.89. The van der Waals surface area contributed by atoms with E-state index >= 15 is 0 Å². The first-order chi connectivity index (χ1) is 12.6. The van der Waals surface area contributed by atoms with E-state index in [0.29, 0.717) is 4.90 Å². The summed E-state index contributed by atoms with van der Waals surface area (Å²) in [7, 11) is -3.40. The summed E-state index contributed by atoms with van der Waals surface area (Å²) in [5.74, 6) is 0. The number of sulfonamides is 1. The second kappa shape index (κ2) is 9.36. The first kappa shape index (κ1) is 19.9. The molecule has 26 heavy (non-hydrogen) atoms. The fraction of sp³-hybridized carbons (Fsp3) is 0.727. The van der Waals surface area contributed by atoms with Gasteiger partial charge in [-0.05, 0) is 56.2 Å². The molecule has 0 heterocycles. The van der Waals surface area contributed by atoms with Crippen LogP contribution in [0.1, 0.15) is 89.5 Å². The van der Waals surface area contributed by atoms with E-state index in [1.807, 2.05) is 28.6 Å². The SMILES string of the molecule is CCCCc1ccc(S(=O)(=O)N(C2CCCCC2)C2CCCCC2)cc1. The quantitative estimate of drug-likeness (QED) is 0.612. The Bertz CT molecular complexity index is 623. The van der Waals surface area contributed by atoms with Crippen molar-refractivity contribution in [2.75, 3.05) is 0 Å². The maximum atomic E-state index is 13.6. The van der Waals surface area contributed by atoms with Gasteiger partial charge in [0, 0.05) is 12.1 Å². The summed E-state index contributed by atoms with van der Waals surface area (Å²) < 4.78 is 29.1. The van der Waals surface area contributed by atoms with Gasteiger partial charge in [-0.1, -0.05) is 64.0 Å². The molecule has 4 heteroatoms. The molecule has 2 aliphatic rings. The molecule has 0 amide bonds. The average molecular weight is 378 g/mol. The van der Waals surface area contributed by atoms with Crippen molar-refractivity contribution in [1.82, 2.24) is 4.31 Å². The van der Waals surface area contributed by atoms with Crippen molar-refractivity contribution in [3.8, 4) is 0 Å². The predicted molar refractivity (Wildman–Crippen MR) is 108 cm³/mol. The molecule has 3 nitrogen and oxygen atoms in total. The van der Waals surface area contributed by atoms with E-state index in [4.69, 9.17) is 0 Å². The highest BCUT2D eigenvalue weighted by atomic mass is 32.2. The zero-order chi connectivity index (χ0) is 18.4. The van der Waals surface area contributed by atoms with Gasteiger partial charge in [0.2, 0.25) is 10.0 Å². The van der Waals surface area contributed by atoms with E-state index in [2.05, 4.69) is 6.92 Å². The number of aryl methyl sites for hydroxylation is 1. The average Bonchev–Trinajstić information content (AvgIpc) is 2.68. The molecule has 0 unspecified atom stereocenters. The fourth-order valence-corrected chi connectivity index (χ4v) is 6.62. The topological polar surface area (TPSA) is 37.4 Å². The van der Waals surface area contributed by atoms with Crippen molar-refractivity contribution in [3.05, 3.63) is 29.8 Å². The van der Waals surface area contributed by atoms with Gasteiger partial charge in [-0.2, -0.15) is 4.31 Å². The van der Waals surface area contributed by atoms with Crippen LogP contribution in [0.2, 0.25) is 0 Å². The molecule has 0 atom stereocenters. The molecule has 0 aromatic heterocycles. The Labute approximate surface area is 160 Å². The molecule has 0 radical (unpaired) electrons. The fourth-order valence-electron chi connectivity index (χ4n) is 4.69. The van der Waals surface area contributed by atoms with E-state index in [0.717, 1.165) is 44.9 Å². The van der Waals surface area contributed by atoms with Crippen molar-refractivity contribution < 1.29 is 8.42 Å². The zero-order valence-electron chi connectivity index (χ0n) is 16.3. The third-order valence-corrected chi connectivity index (χ3v) is 8.21. The van der Waals surface area contributed by atoms with Gasteiger partial charge in [-0.3, -0.25) is 0 Å². The second-order valence-electron chi connectivity index (χ2n) is 8.17. The molecular weight excluding hydrogens is 342 g/mol. The first-order valence-electron chi connectivity index (χ1n) is 10.8. The van der Waals surface area contributed by atoms with Gasteiger partial charge in [-0.25, -0.2) is 8.42 Å². The van der Waals surface area contributed by atoms with Crippen molar-refractivity contribution in [3.63, 3.8) is 0 Å². The molecule has 0 saturated heterocycles. The molecule has 1 aromatic rings. The van der Waals surface area contributed by atoms with Gasteiger partial charge < -0.3 is 0 Å². The monoisotopic (exact) mass is 377 g/mol. The molecule has 0 bridgehead atoms. The Morgan fingerprint density at radius 3 is 1.81 bits per heavy atom. The van der Waals surface area contributed by atoms with E-state index in [1.54, 1.807) is 0 Å². The minimum Gasteiger partial charge on any atom is -0.207 e. The standard InChI is InChI=1S/C22H35NO2S/c1-2-3-10-19-15-17-22(18-16-19)26(24,25)23(20-11-6-4-7-12-20)21-13-8-5-9-14-21/h15-18,20-21H,2-14H2,1H3. The summed E-state index contributed by atoms with van der Waals surface area (Å²) in [6.45, 7) is 2.19. The van der Waals surface area contributed by atoms with Crippen molar-refractivity contribution in [2.45, 2.75) is 107 Å². The molecule has 1 aromatic carbocycles. The predicted octanol–water partition coefficient (Wildman–Crippen LogP) is 5.69. The smallest absolute Gasteiger partial charge is 0.207 e. The van der Waals surface area contributed by atoms with Gasteiger partial charge in [0.25, 0.3) is 0 Å². The molecule has 0 aliphatic heterocycles. The Hall–Kier alpha value is -0.870. The summed E-state index contributed by atoms with van der Waals surface area (Å²) in [5.41, 5.74) is 1.24. The lowest BCUT2D eigenvalue weighted by Crippen LogP contribution is -2.48. The lowest BCUT2D eigenvalue weighted by molar-refractivity contribution is 0.169. The van der Waals surface area contributed by atoms with E-state index < -0.39 is 10.0 Å². The summed E-state index contributed by atoms with van der Waals surface area (Å²) in [6.07, 6.45) is 14.6. The molecule has 2 fully saturated rings. The highest BCUT2D eigenvalue weighted by Crippen LogP contribution is 2.34. The van der Waals surface area contributed by atoms with E-state index in [1.165, 1.54) is 44.1 Å². The molecule has 3 rings (SSSR count). The molecular formula is C22H35NO2S. The Balaban J connectivity index is 1.85. The Kier molecular flexibility index (Phi) is 7.16. The molecule has 0 N–H and O–H groups in total. The minimum atomic E-state index is -3.40. The van der Waals surface area contributed by atoms with E-state index in [-0.39, 0.29) is 12.1 Å². The van der Waals surface area contributed by atoms with Crippen LogP contribution in [0.25, 0.3) is 0 Å². The largest absolute Gasteiger partial charge is 0.243 e. The Morgan fingerprint density at radius 2 is 1.35 bits per heavy atom. The van der Waals surface area contributed by atoms with Crippen molar-refractivity contribution in [1.29, 1.82) is 0 Å². The number of unbranched alkanes of at least 4 members (excludes halogenated alkanes) is 1. The molecule has 2 saturated carbocycles. The van der Waals surface area contributed by atoms with Crippen molar-refractivity contribution in [2.24, 2.45) is 0 Å². The molecule has 146 valence electrons. The molecule has 0 spiro atoms.